The number of carbonyl (C=O) groups is 1. The molecule has 178 valence electrons. The molecule has 33 heavy (non-hydrogen) atoms. The van der Waals surface area contributed by atoms with Crippen molar-refractivity contribution in [3.8, 4) is 17.1 Å². The van der Waals surface area contributed by atoms with Crippen LogP contribution in [0.2, 0.25) is 0 Å². The van der Waals surface area contributed by atoms with Gasteiger partial charge in [0.05, 0.1) is 18.9 Å². The number of morpholine rings is 1. The van der Waals surface area contributed by atoms with Crippen LogP contribution < -0.4 is 15.4 Å². The van der Waals surface area contributed by atoms with E-state index in [9.17, 15) is 9.90 Å². The first kappa shape index (κ1) is 23.1. The summed E-state index contributed by atoms with van der Waals surface area (Å²) >= 11 is 0. The average molecular weight is 458 g/mol. The van der Waals surface area contributed by atoms with E-state index >= 15 is 0 Å². The summed E-state index contributed by atoms with van der Waals surface area (Å²) in [6.07, 6.45) is 3.52. The van der Waals surface area contributed by atoms with Gasteiger partial charge in [0, 0.05) is 63.0 Å². The topological polar surface area (TPSA) is 140 Å². The Bertz CT molecular complexity index is 960. The number of aliphatic hydroxyl groups excluding tert-OH is 1. The Kier molecular flexibility index (Phi) is 6.89. The molecule has 2 aromatic rings. The largest absolute Gasteiger partial charge is 0.474 e. The summed E-state index contributed by atoms with van der Waals surface area (Å²) in [4.78, 5) is 33.5. The molecule has 0 bridgehead atoms. The number of hydrogen-bond acceptors (Lipinski definition) is 10. The van der Waals surface area contributed by atoms with E-state index in [1.54, 1.807) is 30.4 Å². The Labute approximate surface area is 193 Å². The van der Waals surface area contributed by atoms with Gasteiger partial charge in [-0.05, 0) is 5.92 Å². The molecular formula is C22H31N7O4. The van der Waals surface area contributed by atoms with Gasteiger partial charge in [-0.1, -0.05) is 13.8 Å². The summed E-state index contributed by atoms with van der Waals surface area (Å²) in [5, 5.41) is 10.1. The molecule has 3 N–H and O–H groups in total. The highest BCUT2D eigenvalue weighted by molar-refractivity contribution is 5.81. The van der Waals surface area contributed by atoms with Crippen LogP contribution in [0.1, 0.15) is 26.7 Å². The number of hydrogen-bond donors (Lipinski definition) is 2. The first-order chi connectivity index (χ1) is 15.8. The van der Waals surface area contributed by atoms with Gasteiger partial charge in [-0.15, -0.1) is 0 Å². The van der Waals surface area contributed by atoms with Crippen molar-refractivity contribution in [3.63, 3.8) is 0 Å². The lowest BCUT2D eigenvalue weighted by atomic mass is 9.87. The molecule has 1 aliphatic heterocycles. The molecule has 1 saturated carbocycles. The van der Waals surface area contributed by atoms with Crippen LogP contribution in [-0.4, -0.2) is 87.5 Å². The minimum Gasteiger partial charge on any atom is -0.474 e. The van der Waals surface area contributed by atoms with E-state index in [2.05, 4.69) is 24.8 Å². The minimum atomic E-state index is -0.988. The Balaban J connectivity index is 1.47. The molecule has 1 unspecified atom stereocenters. The lowest BCUT2D eigenvalue weighted by molar-refractivity contribution is -0.146. The van der Waals surface area contributed by atoms with Gasteiger partial charge in [-0.2, -0.15) is 4.98 Å². The summed E-state index contributed by atoms with van der Waals surface area (Å²) in [5.41, 5.74) is 6.98. The quantitative estimate of drug-likeness (QED) is 0.612. The second-order valence-electron chi connectivity index (χ2n) is 8.82. The summed E-state index contributed by atoms with van der Waals surface area (Å²) in [6, 6.07) is 1.80. The van der Waals surface area contributed by atoms with Crippen molar-refractivity contribution in [2.24, 2.45) is 5.92 Å². The molecule has 4 rings (SSSR count). The number of likely N-dealkylation sites (N-methyl/N-ethyl adjacent to an activating group) is 1. The highest BCUT2D eigenvalue weighted by atomic mass is 16.5. The minimum absolute atomic E-state index is 0.0291. The maximum Gasteiger partial charge on any atom is 0.251 e. The van der Waals surface area contributed by atoms with Gasteiger partial charge in [0.15, 0.2) is 0 Å². The zero-order chi connectivity index (χ0) is 23.5. The van der Waals surface area contributed by atoms with E-state index < -0.39 is 6.10 Å². The predicted molar refractivity (Wildman–Crippen MR) is 122 cm³/mol. The van der Waals surface area contributed by atoms with Crippen LogP contribution in [0.5, 0.6) is 5.88 Å². The first-order valence-corrected chi connectivity index (χ1v) is 11.2. The van der Waals surface area contributed by atoms with Crippen molar-refractivity contribution in [1.29, 1.82) is 0 Å². The van der Waals surface area contributed by atoms with Crippen molar-refractivity contribution in [3.05, 3.63) is 18.5 Å². The monoisotopic (exact) mass is 457 g/mol. The zero-order valence-corrected chi connectivity index (χ0v) is 19.2. The fourth-order valence-corrected chi connectivity index (χ4v) is 3.79. The average Bonchev–Trinajstić information content (AvgIpc) is 2.80. The Morgan fingerprint density at radius 3 is 2.55 bits per heavy atom. The van der Waals surface area contributed by atoms with Crippen LogP contribution in [0.15, 0.2) is 18.5 Å². The van der Waals surface area contributed by atoms with E-state index in [0.29, 0.717) is 62.2 Å². The van der Waals surface area contributed by atoms with Crippen LogP contribution in [0, 0.1) is 5.92 Å². The Morgan fingerprint density at radius 1 is 1.24 bits per heavy atom. The highest BCUT2D eigenvalue weighted by Crippen LogP contribution is 2.31. The van der Waals surface area contributed by atoms with Gasteiger partial charge in [0.2, 0.25) is 17.8 Å². The van der Waals surface area contributed by atoms with Gasteiger partial charge in [0.1, 0.15) is 12.2 Å². The number of ether oxygens (including phenoxy) is 2. The molecular weight excluding hydrogens is 426 g/mol. The van der Waals surface area contributed by atoms with Crippen LogP contribution in [-0.2, 0) is 9.53 Å². The molecule has 0 radical (unpaired) electrons. The molecule has 2 aliphatic rings. The second-order valence-corrected chi connectivity index (χ2v) is 8.82. The molecule has 11 heteroatoms. The maximum absolute atomic E-state index is 12.4. The number of nitrogens with two attached hydrogens (primary N) is 1. The summed E-state index contributed by atoms with van der Waals surface area (Å²) in [7, 11) is 1.73. The standard InChI is InChI=1S/C22H31N7O4/c1-13(2)19(30)20(31)28(3)15-8-16(9-15)33-18-10-17(14-11-24-21(23)25-12-14)26-22(27-18)29-4-6-32-7-5-29/h10-13,15-16,19,30H,4-9H2,1-3H3,(H2,23,24,25). The van der Waals surface area contributed by atoms with Gasteiger partial charge in [0.25, 0.3) is 5.91 Å². The second kappa shape index (κ2) is 9.84. The number of aromatic nitrogens is 4. The Hall–Kier alpha value is -3.05. The van der Waals surface area contributed by atoms with Crippen molar-refractivity contribution in [2.75, 3.05) is 44.0 Å². The van der Waals surface area contributed by atoms with E-state index in [0.717, 1.165) is 0 Å². The Morgan fingerprint density at radius 2 is 1.91 bits per heavy atom. The number of anilines is 2. The van der Waals surface area contributed by atoms with Crippen LogP contribution in [0.4, 0.5) is 11.9 Å². The first-order valence-electron chi connectivity index (χ1n) is 11.2. The molecule has 1 atom stereocenters. The van der Waals surface area contributed by atoms with Gasteiger partial charge in [-0.3, -0.25) is 4.79 Å². The van der Waals surface area contributed by atoms with Crippen molar-refractivity contribution in [1.82, 2.24) is 24.8 Å². The van der Waals surface area contributed by atoms with Gasteiger partial charge >= 0.3 is 0 Å². The van der Waals surface area contributed by atoms with Crippen molar-refractivity contribution < 1.29 is 19.4 Å². The number of rotatable bonds is 7. The number of nitrogens with zero attached hydrogens (tertiary/aromatic N) is 6. The van der Waals surface area contributed by atoms with E-state index in [1.807, 2.05) is 13.8 Å². The molecule has 1 aliphatic carbocycles. The smallest absolute Gasteiger partial charge is 0.251 e. The maximum atomic E-state index is 12.4. The molecule has 2 fully saturated rings. The summed E-state index contributed by atoms with van der Waals surface area (Å²) in [6.45, 7) is 6.26. The highest BCUT2D eigenvalue weighted by Gasteiger charge is 2.38. The molecule has 0 spiro atoms. The van der Waals surface area contributed by atoms with E-state index in [4.69, 9.17) is 15.2 Å². The fraction of sp³-hybridized carbons (Fsp3) is 0.591. The van der Waals surface area contributed by atoms with Gasteiger partial charge < -0.3 is 30.1 Å². The van der Waals surface area contributed by atoms with Gasteiger partial charge in [-0.25, -0.2) is 15.0 Å². The number of aliphatic hydroxyl groups is 1. The third-order valence-electron chi connectivity index (χ3n) is 6.09. The predicted octanol–water partition coefficient (Wildman–Crippen LogP) is 0.738. The molecule has 11 nitrogen and oxygen atoms in total. The fourth-order valence-electron chi connectivity index (χ4n) is 3.79. The number of nitrogen functional groups attached to an aromatic ring is 1. The SMILES string of the molecule is CC(C)C(O)C(=O)N(C)C1CC(Oc2cc(-c3cnc(N)nc3)nc(N3CCOCC3)n2)C1. The van der Waals surface area contributed by atoms with Crippen LogP contribution in [0.3, 0.4) is 0 Å². The third-order valence-corrected chi connectivity index (χ3v) is 6.09. The zero-order valence-electron chi connectivity index (χ0n) is 19.2. The molecule has 0 aromatic carbocycles. The molecule has 3 heterocycles. The van der Waals surface area contributed by atoms with E-state index in [-0.39, 0.29) is 29.9 Å². The van der Waals surface area contributed by atoms with E-state index in [1.165, 1.54) is 0 Å². The molecule has 1 amide bonds. The van der Waals surface area contributed by atoms with Crippen LogP contribution >= 0.6 is 0 Å². The van der Waals surface area contributed by atoms with Crippen molar-refractivity contribution >= 4 is 17.8 Å². The van der Waals surface area contributed by atoms with Crippen LogP contribution in [0.25, 0.3) is 11.3 Å². The molecule has 2 aromatic heterocycles. The lowest BCUT2D eigenvalue weighted by Gasteiger charge is -2.41. The lowest BCUT2D eigenvalue weighted by Crippen LogP contribution is -2.53. The normalized spacial score (nSPS) is 21.4. The third kappa shape index (κ3) is 5.31. The summed E-state index contributed by atoms with van der Waals surface area (Å²) in [5.74, 6) is 0.835. The van der Waals surface area contributed by atoms with Crippen molar-refractivity contribution in [2.45, 2.75) is 44.9 Å². The summed E-state index contributed by atoms with van der Waals surface area (Å²) < 4.78 is 11.6. The number of amides is 1. The number of carbonyl (C=O) groups excluding carboxylic acids is 1. The molecule has 1 saturated heterocycles.